The molecule has 7 heteroatoms. The maximum absolute atomic E-state index is 12.5. The van der Waals surface area contributed by atoms with Crippen LogP contribution in [0.5, 0.6) is 5.75 Å². The van der Waals surface area contributed by atoms with Gasteiger partial charge in [0.25, 0.3) is 5.91 Å². The standard InChI is InChI=1S/C21H25Cl2N3O2/c1-15(19-7-6-16(22)12-20(19)23)24-21(27)14-25-8-10-26(11-9-25)17-4-3-5-18(13-17)28-2/h3-7,12-13,15H,8-11,14H2,1-2H3,(H,24,27)/p+1/t15-/m0/s1. The number of carbonyl (C=O) groups excluding carboxylic acids is 1. The lowest BCUT2D eigenvalue weighted by molar-refractivity contribution is -0.892. The Hall–Kier alpha value is -1.95. The molecule has 1 amide bonds. The Labute approximate surface area is 176 Å². The molecule has 2 aromatic rings. The number of hydrogen-bond donors (Lipinski definition) is 2. The molecule has 0 spiro atoms. The smallest absolute Gasteiger partial charge is 0.275 e. The lowest BCUT2D eigenvalue weighted by Gasteiger charge is -2.33. The summed E-state index contributed by atoms with van der Waals surface area (Å²) in [6, 6.07) is 13.3. The molecule has 3 rings (SSSR count). The Kier molecular flexibility index (Phi) is 7.05. The SMILES string of the molecule is COc1cccc(N2CC[NH+](CC(=O)N[C@@H](C)c3ccc(Cl)cc3Cl)CC2)c1. The van der Waals surface area contributed by atoms with E-state index in [4.69, 9.17) is 27.9 Å². The van der Waals surface area contributed by atoms with E-state index >= 15 is 0 Å². The number of nitrogens with zero attached hydrogens (tertiary/aromatic N) is 1. The highest BCUT2D eigenvalue weighted by Crippen LogP contribution is 2.26. The highest BCUT2D eigenvalue weighted by Gasteiger charge is 2.23. The van der Waals surface area contributed by atoms with Crippen molar-refractivity contribution in [1.82, 2.24) is 5.32 Å². The van der Waals surface area contributed by atoms with Crippen LogP contribution in [0.2, 0.25) is 10.0 Å². The van der Waals surface area contributed by atoms with Gasteiger partial charge in [0, 0.05) is 21.8 Å². The van der Waals surface area contributed by atoms with Crippen molar-refractivity contribution in [1.29, 1.82) is 0 Å². The third-order valence-electron chi connectivity index (χ3n) is 5.11. The average Bonchev–Trinajstić information content (AvgIpc) is 2.68. The molecule has 2 N–H and O–H groups in total. The summed E-state index contributed by atoms with van der Waals surface area (Å²) in [5.41, 5.74) is 2.03. The van der Waals surface area contributed by atoms with Crippen LogP contribution in [-0.4, -0.2) is 45.7 Å². The van der Waals surface area contributed by atoms with Crippen molar-refractivity contribution >= 4 is 34.8 Å². The van der Waals surface area contributed by atoms with Crippen LogP contribution >= 0.6 is 23.2 Å². The summed E-state index contributed by atoms with van der Waals surface area (Å²) in [5.74, 6) is 0.893. The molecule has 0 aliphatic carbocycles. The van der Waals surface area contributed by atoms with Gasteiger partial charge in [0.1, 0.15) is 5.75 Å². The van der Waals surface area contributed by atoms with Crippen molar-refractivity contribution in [3.63, 3.8) is 0 Å². The number of halogens is 2. The number of amides is 1. The van der Waals surface area contributed by atoms with E-state index in [1.54, 1.807) is 19.2 Å². The number of methoxy groups -OCH3 is 1. The summed E-state index contributed by atoms with van der Waals surface area (Å²) in [6.07, 6.45) is 0. The van der Waals surface area contributed by atoms with Crippen LogP contribution in [0.3, 0.4) is 0 Å². The molecule has 0 aromatic heterocycles. The lowest BCUT2D eigenvalue weighted by Crippen LogP contribution is -3.15. The van der Waals surface area contributed by atoms with Crippen molar-refractivity contribution < 1.29 is 14.4 Å². The van der Waals surface area contributed by atoms with Gasteiger partial charge in [-0.25, -0.2) is 0 Å². The zero-order valence-electron chi connectivity index (χ0n) is 16.2. The molecule has 150 valence electrons. The van der Waals surface area contributed by atoms with Gasteiger partial charge < -0.3 is 19.9 Å². The average molecular weight is 423 g/mol. The van der Waals surface area contributed by atoms with Gasteiger partial charge in [-0.3, -0.25) is 4.79 Å². The van der Waals surface area contributed by atoms with E-state index in [0.717, 1.165) is 43.2 Å². The third kappa shape index (κ3) is 5.31. The second-order valence-corrected chi connectivity index (χ2v) is 7.91. The third-order valence-corrected chi connectivity index (χ3v) is 5.67. The fourth-order valence-electron chi connectivity index (χ4n) is 3.52. The van der Waals surface area contributed by atoms with Crippen LogP contribution < -0.4 is 19.9 Å². The molecule has 1 atom stereocenters. The van der Waals surface area contributed by atoms with Crippen LogP contribution in [0, 0.1) is 0 Å². The minimum absolute atomic E-state index is 0.0309. The van der Waals surface area contributed by atoms with Gasteiger partial charge in [-0.2, -0.15) is 0 Å². The zero-order chi connectivity index (χ0) is 20.1. The normalized spacial score (nSPS) is 15.9. The molecule has 1 heterocycles. The first-order chi connectivity index (χ1) is 13.5. The fraction of sp³-hybridized carbons (Fsp3) is 0.381. The molecule has 0 saturated carbocycles. The highest BCUT2D eigenvalue weighted by molar-refractivity contribution is 6.35. The Morgan fingerprint density at radius 2 is 1.96 bits per heavy atom. The first kappa shape index (κ1) is 20.8. The van der Waals surface area contributed by atoms with E-state index in [0.29, 0.717) is 16.6 Å². The van der Waals surface area contributed by atoms with E-state index in [2.05, 4.69) is 22.3 Å². The molecule has 0 unspecified atom stereocenters. The van der Waals surface area contributed by atoms with Crippen molar-refractivity contribution in [3.05, 3.63) is 58.1 Å². The Bertz CT molecular complexity index is 823. The van der Waals surface area contributed by atoms with E-state index < -0.39 is 0 Å². The van der Waals surface area contributed by atoms with Crippen LogP contribution in [0.1, 0.15) is 18.5 Å². The Balaban J connectivity index is 1.49. The maximum Gasteiger partial charge on any atom is 0.275 e. The van der Waals surface area contributed by atoms with E-state index in [1.807, 2.05) is 25.1 Å². The lowest BCUT2D eigenvalue weighted by atomic mass is 10.1. The molecular formula is C21H26Cl2N3O2+. The summed E-state index contributed by atoms with van der Waals surface area (Å²) in [4.78, 5) is 16.1. The van der Waals surface area contributed by atoms with Gasteiger partial charge in [-0.1, -0.05) is 35.3 Å². The van der Waals surface area contributed by atoms with Gasteiger partial charge >= 0.3 is 0 Å². The molecule has 1 saturated heterocycles. The number of quaternary nitrogens is 1. The fourth-order valence-corrected chi connectivity index (χ4v) is 4.09. The molecule has 0 bridgehead atoms. The number of ether oxygens (including phenoxy) is 1. The first-order valence-electron chi connectivity index (χ1n) is 9.43. The molecular weight excluding hydrogens is 397 g/mol. The quantitative estimate of drug-likeness (QED) is 0.751. The van der Waals surface area contributed by atoms with Crippen molar-refractivity contribution in [2.24, 2.45) is 0 Å². The van der Waals surface area contributed by atoms with Crippen LogP contribution in [0.25, 0.3) is 0 Å². The predicted molar refractivity (Wildman–Crippen MR) is 114 cm³/mol. The molecule has 5 nitrogen and oxygen atoms in total. The number of piperazine rings is 1. The number of carbonyl (C=O) groups is 1. The van der Waals surface area contributed by atoms with Crippen LogP contribution in [0.4, 0.5) is 5.69 Å². The number of hydrogen-bond acceptors (Lipinski definition) is 3. The topological polar surface area (TPSA) is 46.0 Å². The Morgan fingerprint density at radius 3 is 2.64 bits per heavy atom. The van der Waals surface area contributed by atoms with Crippen molar-refractivity contribution in [2.45, 2.75) is 13.0 Å². The minimum atomic E-state index is -0.158. The molecule has 0 radical (unpaired) electrons. The summed E-state index contributed by atoms with van der Waals surface area (Å²) >= 11 is 12.2. The second kappa shape index (κ2) is 9.50. The van der Waals surface area contributed by atoms with Crippen molar-refractivity contribution in [2.75, 3.05) is 44.7 Å². The molecule has 28 heavy (non-hydrogen) atoms. The van der Waals surface area contributed by atoms with Gasteiger partial charge in [-0.05, 0) is 36.8 Å². The number of rotatable bonds is 6. The summed E-state index contributed by atoms with van der Waals surface area (Å²) < 4.78 is 5.31. The van der Waals surface area contributed by atoms with Crippen LogP contribution in [-0.2, 0) is 4.79 Å². The maximum atomic E-state index is 12.5. The molecule has 1 fully saturated rings. The first-order valence-corrected chi connectivity index (χ1v) is 10.2. The molecule has 1 aliphatic heterocycles. The van der Waals surface area contributed by atoms with Crippen molar-refractivity contribution in [3.8, 4) is 5.75 Å². The summed E-state index contributed by atoms with van der Waals surface area (Å²) in [7, 11) is 1.68. The molecule has 1 aliphatic rings. The minimum Gasteiger partial charge on any atom is -0.497 e. The van der Waals surface area contributed by atoms with Crippen LogP contribution in [0.15, 0.2) is 42.5 Å². The van der Waals surface area contributed by atoms with Gasteiger partial charge in [0.2, 0.25) is 0 Å². The number of nitrogens with one attached hydrogen (secondary N) is 2. The zero-order valence-corrected chi connectivity index (χ0v) is 17.7. The second-order valence-electron chi connectivity index (χ2n) is 7.07. The summed E-state index contributed by atoms with van der Waals surface area (Å²) in [5, 5.41) is 4.20. The van der Waals surface area contributed by atoms with E-state index in [9.17, 15) is 4.79 Å². The number of anilines is 1. The van der Waals surface area contributed by atoms with Gasteiger partial charge in [0.05, 0.1) is 39.3 Å². The molecule has 2 aromatic carbocycles. The number of benzene rings is 2. The monoisotopic (exact) mass is 422 g/mol. The predicted octanol–water partition coefficient (Wildman–Crippen LogP) is 2.58. The largest absolute Gasteiger partial charge is 0.497 e. The van der Waals surface area contributed by atoms with E-state index in [-0.39, 0.29) is 11.9 Å². The van der Waals surface area contributed by atoms with E-state index in [1.165, 1.54) is 4.90 Å². The van der Waals surface area contributed by atoms with Gasteiger partial charge in [0.15, 0.2) is 6.54 Å². The Morgan fingerprint density at radius 1 is 1.21 bits per heavy atom. The summed E-state index contributed by atoms with van der Waals surface area (Å²) in [6.45, 7) is 6.05. The van der Waals surface area contributed by atoms with Gasteiger partial charge in [-0.15, -0.1) is 0 Å². The highest BCUT2D eigenvalue weighted by atomic mass is 35.5.